The number of halogens is 2. The first-order valence-corrected chi connectivity index (χ1v) is 59.6. The molecule has 28 aromatic rings. The first-order valence-electron chi connectivity index (χ1n) is 51.2. The Labute approximate surface area is 873 Å². The van der Waals surface area contributed by atoms with Crippen LogP contribution in [-0.4, -0.2) is 44.8 Å². The predicted octanol–water partition coefficient (Wildman–Crippen LogP) is 31.4. The molecule has 0 N–H and O–H groups in total. The number of hydrogen-bond donors (Lipinski definition) is 0. The minimum absolute atomic E-state index is 0.253. The van der Waals surface area contributed by atoms with Crippen LogP contribution in [0.1, 0.15) is 0 Å². The molecule has 24 aromatic carbocycles. The summed E-state index contributed by atoms with van der Waals surface area (Å²) in [7, 11) is 0. The van der Waals surface area contributed by atoms with Gasteiger partial charge >= 0.3 is 544 Å². The molecule has 0 aliphatic heterocycles. The van der Waals surface area contributed by atoms with Crippen molar-refractivity contribution in [1.82, 2.24) is 18.3 Å². The fraction of sp³-hybridized carbons (Fsp3) is 0. The summed E-state index contributed by atoms with van der Waals surface area (Å²) in [5.74, 6) is -0.506. The number of nitrogens with zero attached hydrogens (tertiary/aromatic N) is 6. The zero-order chi connectivity index (χ0) is 99.7. The standard InChI is InChI=1S/2C70H48FGeN3/c71-52-35-39-58(40-36-52)75-67-30-16-15-29-62(67)64-47-59(41-44-69(64)75)73(66-31-17-19-50-18-13-14-28-61(50)66)60-42-45-70-65(48-60)63-46-51(34-43-68(63)74(70)57-26-11-4-12-27-57)49-32-37-56(38-33-49)72(53-20-5-1-6-21-53,54-22-7-2-8-23-54)55-24-9-3-10-25-55;71-53-33-38-59(39-34-53)75-67-28-16-15-27-63(67)65-47-61(40-43-69(65)75)73(60-37-31-49-17-13-14-18-51(49)45-60)62-41-44-70-66(48-62)64-46-52(32-42-68(64)74(70)58-25-11-4-12-26-58)50-29-35-57(36-30-50)72(54-19-5-1-6-20-54,55-21-7-2-8-22-55)56-23-9-3-10-24-56/h2*1-48H. The average Bonchev–Trinajstić information content (AvgIpc) is 1.59. The van der Waals surface area contributed by atoms with Crippen LogP contribution in [0.2, 0.25) is 0 Å². The summed E-state index contributed by atoms with van der Waals surface area (Å²) in [6, 6.07) is 210. The van der Waals surface area contributed by atoms with Gasteiger partial charge in [-0.3, -0.25) is 0 Å². The molecule has 0 saturated carbocycles. The number of para-hydroxylation sites is 4. The fourth-order valence-corrected chi connectivity index (χ4v) is 43.8. The molecule has 708 valence electrons. The van der Waals surface area contributed by atoms with Crippen LogP contribution in [-0.2, 0) is 0 Å². The molecule has 0 bridgehead atoms. The zero-order valence-corrected chi connectivity index (χ0v) is 86.1. The molecule has 0 amide bonds. The monoisotopic (exact) mass is 2050 g/mol. The van der Waals surface area contributed by atoms with Crippen molar-refractivity contribution in [3.63, 3.8) is 0 Å². The van der Waals surface area contributed by atoms with Crippen molar-refractivity contribution in [2.45, 2.75) is 0 Å². The zero-order valence-electron chi connectivity index (χ0n) is 81.9. The van der Waals surface area contributed by atoms with Gasteiger partial charge in [0, 0.05) is 38.3 Å². The van der Waals surface area contributed by atoms with Gasteiger partial charge in [-0.25, -0.2) is 8.78 Å². The summed E-state index contributed by atoms with van der Waals surface area (Å²) < 4.78 is 49.0. The third-order valence-electron chi connectivity index (χ3n) is 30.6. The maximum absolute atomic E-state index is 14.3. The molecule has 0 aliphatic rings. The molecule has 6 nitrogen and oxygen atoms in total. The molecule has 4 heterocycles. The molecule has 0 spiro atoms. The quantitative estimate of drug-likeness (QED) is 0.0711. The van der Waals surface area contributed by atoms with Crippen molar-refractivity contribution in [1.29, 1.82) is 0 Å². The van der Waals surface area contributed by atoms with Crippen LogP contribution in [0.3, 0.4) is 0 Å². The largest absolute Gasteiger partial charge is 0.0542 e. The molecular weight excluding hydrogens is 1950 g/mol. The van der Waals surface area contributed by atoms with Gasteiger partial charge in [-0.1, -0.05) is 115 Å². The van der Waals surface area contributed by atoms with Crippen LogP contribution in [0, 0.1) is 11.6 Å². The molecule has 28 rings (SSSR count). The first kappa shape index (κ1) is 90.3. The van der Waals surface area contributed by atoms with Crippen LogP contribution in [0.15, 0.2) is 582 Å². The number of hydrogen-bond acceptors (Lipinski definition) is 2. The van der Waals surface area contributed by atoms with Crippen molar-refractivity contribution in [2.24, 2.45) is 0 Å². The van der Waals surface area contributed by atoms with Gasteiger partial charge in [0.15, 0.2) is 0 Å². The second kappa shape index (κ2) is 38.2. The van der Waals surface area contributed by atoms with Gasteiger partial charge in [-0.2, -0.15) is 0 Å². The summed E-state index contributed by atoms with van der Waals surface area (Å²) in [5.41, 5.74) is 23.9. The van der Waals surface area contributed by atoms with E-state index in [1.54, 1.807) is 0 Å². The van der Waals surface area contributed by atoms with Gasteiger partial charge in [-0.05, 0) is 131 Å². The third kappa shape index (κ3) is 15.6. The van der Waals surface area contributed by atoms with Gasteiger partial charge in [0.05, 0.1) is 22.1 Å². The van der Waals surface area contributed by atoms with Crippen LogP contribution in [0.25, 0.3) is 154 Å². The Morgan fingerprint density at radius 1 is 0.147 bits per heavy atom. The SMILES string of the molecule is Fc1ccc(-n2c3ccccc3c3cc(N(c4ccc5c(c4)c4cc(-c6cc[c]([Ge]([c]7ccccc7)([c]7ccccc7)[c]7ccccc7)cc6)ccc4n5-c4ccccc4)c4cccc5ccccc45)ccc32)cc1.Fc1ccc(-n2c3ccccc3c3cc(N(c4ccc5ccccc5c4)c4ccc5c(c4)c4cc(-c6cc[c]([Ge]([c]7ccccc7)([c]7ccccc7)[c]7ccccc7)cc6)ccc4n5-c4ccccc4)ccc32)cc1. The molecule has 0 radical (unpaired) electrons. The van der Waals surface area contributed by atoms with Crippen LogP contribution >= 0.6 is 0 Å². The Bertz CT molecular complexity index is 9740. The van der Waals surface area contributed by atoms with Crippen molar-refractivity contribution in [2.75, 3.05) is 9.80 Å². The summed E-state index contributed by atoms with van der Waals surface area (Å²) >= 11 is -6.90. The maximum Gasteiger partial charge on any atom is 0.0542 e. The van der Waals surface area contributed by atoms with Gasteiger partial charge in [0.1, 0.15) is 11.6 Å². The molecule has 4 aromatic heterocycles. The van der Waals surface area contributed by atoms with E-state index in [2.05, 4.69) is 562 Å². The van der Waals surface area contributed by atoms with Crippen molar-refractivity contribution in [3.8, 4) is 45.0 Å². The Balaban J connectivity index is 0.000000148. The number of rotatable bonds is 20. The summed E-state index contributed by atoms with van der Waals surface area (Å²) in [6.45, 7) is 0. The Morgan fingerprint density at radius 3 is 0.760 bits per heavy atom. The minimum atomic E-state index is -3.45. The number of fused-ring (bicyclic) bond motifs is 14. The normalized spacial score (nSPS) is 11.8. The number of anilines is 6. The molecule has 10 heteroatoms. The van der Waals surface area contributed by atoms with Crippen molar-refractivity contribution < 1.29 is 8.78 Å². The van der Waals surface area contributed by atoms with E-state index in [9.17, 15) is 8.78 Å². The van der Waals surface area contributed by atoms with Crippen LogP contribution < -0.4 is 45.0 Å². The number of aromatic nitrogens is 4. The molecule has 0 aliphatic carbocycles. The van der Waals surface area contributed by atoms with Gasteiger partial charge in [0.2, 0.25) is 0 Å². The van der Waals surface area contributed by atoms with Crippen LogP contribution in [0.5, 0.6) is 0 Å². The molecule has 0 fully saturated rings. The summed E-state index contributed by atoms with van der Waals surface area (Å²) in [5, 5.41) is 13.9. The van der Waals surface area contributed by atoms with Crippen molar-refractivity contribution in [3.05, 3.63) is 594 Å². The average molecular weight is 2050 g/mol. The van der Waals surface area contributed by atoms with E-state index in [1.165, 1.54) is 97.5 Å². The topological polar surface area (TPSA) is 26.2 Å². The van der Waals surface area contributed by atoms with E-state index in [-0.39, 0.29) is 11.6 Å². The fourth-order valence-electron chi connectivity index (χ4n) is 23.9. The molecule has 150 heavy (non-hydrogen) atoms. The second-order valence-corrected chi connectivity index (χ2v) is 54.8. The van der Waals surface area contributed by atoms with E-state index in [0.717, 1.165) is 150 Å². The van der Waals surface area contributed by atoms with E-state index < -0.39 is 26.5 Å². The van der Waals surface area contributed by atoms with Gasteiger partial charge < -0.3 is 9.13 Å². The molecule has 0 saturated heterocycles. The van der Waals surface area contributed by atoms with E-state index in [0.29, 0.717) is 0 Å². The minimum Gasteiger partial charge on any atom is -0.0359 e. The third-order valence-corrected chi connectivity index (χ3v) is 50.7. The van der Waals surface area contributed by atoms with Gasteiger partial charge in [0.25, 0.3) is 0 Å². The van der Waals surface area contributed by atoms with Crippen molar-refractivity contribution >= 4 is 205 Å². The Hall–Kier alpha value is -18.5. The summed E-state index contributed by atoms with van der Waals surface area (Å²) in [4.78, 5) is 4.82. The molecular formula is C140H96F2Ge2N6. The maximum atomic E-state index is 14.3. The number of benzene rings is 24. The van der Waals surface area contributed by atoms with E-state index in [1.807, 2.05) is 24.3 Å². The van der Waals surface area contributed by atoms with Crippen LogP contribution in [0.4, 0.5) is 42.9 Å². The van der Waals surface area contributed by atoms with Gasteiger partial charge in [-0.15, -0.1) is 0 Å². The second-order valence-electron chi connectivity index (χ2n) is 38.8. The Morgan fingerprint density at radius 2 is 0.393 bits per heavy atom. The Kier molecular flexibility index (Phi) is 23.0. The predicted molar refractivity (Wildman–Crippen MR) is 633 cm³/mol. The molecule has 0 unspecified atom stereocenters. The van der Waals surface area contributed by atoms with E-state index in [4.69, 9.17) is 0 Å². The first-order chi connectivity index (χ1) is 74.2. The molecule has 0 atom stereocenters. The van der Waals surface area contributed by atoms with E-state index >= 15 is 0 Å². The summed E-state index contributed by atoms with van der Waals surface area (Å²) in [6.07, 6.45) is 0. The smallest absolute Gasteiger partial charge is 0.0359 e.